The third kappa shape index (κ3) is 3.89. The van der Waals surface area contributed by atoms with Crippen molar-refractivity contribution in [2.75, 3.05) is 6.54 Å². The van der Waals surface area contributed by atoms with E-state index in [2.05, 4.69) is 27.1 Å². The summed E-state index contributed by atoms with van der Waals surface area (Å²) in [6.45, 7) is 2.53. The zero-order chi connectivity index (χ0) is 18.6. The minimum absolute atomic E-state index is 0.116. The number of aromatic nitrogens is 3. The number of hydrogen-bond acceptors (Lipinski definition) is 5. The summed E-state index contributed by atoms with van der Waals surface area (Å²) in [5, 5.41) is 0. The molecule has 1 amide bonds. The number of aryl methyl sites for hydroxylation is 1. The molecule has 0 aliphatic carbocycles. The van der Waals surface area contributed by atoms with Gasteiger partial charge in [0.2, 0.25) is 5.89 Å². The van der Waals surface area contributed by atoms with Gasteiger partial charge in [-0.2, -0.15) is 0 Å². The molecule has 1 atom stereocenters. The van der Waals surface area contributed by atoms with Crippen molar-refractivity contribution in [1.82, 2.24) is 19.9 Å². The molecule has 0 spiro atoms. The first-order valence-corrected chi connectivity index (χ1v) is 9.29. The first-order chi connectivity index (χ1) is 13.2. The number of benzene rings is 1. The molecule has 1 saturated heterocycles. The molecule has 27 heavy (non-hydrogen) atoms. The second-order valence-corrected chi connectivity index (χ2v) is 6.88. The molecule has 1 aromatic carbocycles. The highest BCUT2D eigenvalue weighted by molar-refractivity contribution is 5.92. The number of oxazole rings is 1. The Morgan fingerprint density at radius 2 is 1.96 bits per heavy atom. The van der Waals surface area contributed by atoms with Gasteiger partial charge in [0.25, 0.3) is 5.91 Å². The summed E-state index contributed by atoms with van der Waals surface area (Å²) in [6.07, 6.45) is 8.48. The summed E-state index contributed by atoms with van der Waals surface area (Å²) in [4.78, 5) is 27.7. The Kier molecular flexibility index (Phi) is 4.96. The van der Waals surface area contributed by atoms with Crippen LogP contribution < -0.4 is 0 Å². The SMILES string of the molecule is Cc1cnc(C(=O)N2CCCCC2c2ncc(Cc3ccccc3)o2)cn1. The van der Waals surface area contributed by atoms with E-state index >= 15 is 0 Å². The maximum absolute atomic E-state index is 12.9. The summed E-state index contributed by atoms with van der Waals surface area (Å²) in [7, 11) is 0. The van der Waals surface area contributed by atoms with Crippen molar-refractivity contribution in [2.45, 2.75) is 38.6 Å². The lowest BCUT2D eigenvalue weighted by atomic mass is 10.0. The second kappa shape index (κ2) is 7.70. The number of hydrogen-bond donors (Lipinski definition) is 0. The summed E-state index contributed by atoms with van der Waals surface area (Å²) < 4.78 is 6.02. The fourth-order valence-corrected chi connectivity index (χ4v) is 3.44. The van der Waals surface area contributed by atoms with Crippen LogP contribution in [0.25, 0.3) is 0 Å². The van der Waals surface area contributed by atoms with Crippen LogP contribution in [0.15, 0.2) is 53.3 Å². The number of amides is 1. The molecule has 2 aromatic heterocycles. The number of nitrogens with zero attached hydrogens (tertiary/aromatic N) is 4. The van der Waals surface area contributed by atoms with Gasteiger partial charge in [-0.05, 0) is 31.7 Å². The van der Waals surface area contributed by atoms with Gasteiger partial charge in [0, 0.05) is 19.2 Å². The molecule has 1 aliphatic rings. The van der Waals surface area contributed by atoms with Crippen LogP contribution in [0.1, 0.15) is 58.7 Å². The number of likely N-dealkylation sites (tertiary alicyclic amines) is 1. The van der Waals surface area contributed by atoms with E-state index in [0.717, 1.165) is 30.7 Å². The van der Waals surface area contributed by atoms with Crippen LogP contribution in [-0.4, -0.2) is 32.3 Å². The Hall–Kier alpha value is -3.02. The van der Waals surface area contributed by atoms with Crippen molar-refractivity contribution < 1.29 is 9.21 Å². The quantitative estimate of drug-likeness (QED) is 0.707. The van der Waals surface area contributed by atoms with E-state index < -0.39 is 0 Å². The second-order valence-electron chi connectivity index (χ2n) is 6.88. The van der Waals surface area contributed by atoms with Crippen LogP contribution in [0.3, 0.4) is 0 Å². The molecular formula is C21H22N4O2. The fourth-order valence-electron chi connectivity index (χ4n) is 3.44. The number of carbonyl (C=O) groups excluding carboxylic acids is 1. The highest BCUT2D eigenvalue weighted by Gasteiger charge is 2.32. The summed E-state index contributed by atoms with van der Waals surface area (Å²) in [6, 6.07) is 9.99. The molecule has 3 aromatic rings. The highest BCUT2D eigenvalue weighted by Crippen LogP contribution is 2.32. The smallest absolute Gasteiger partial charge is 0.274 e. The van der Waals surface area contributed by atoms with Gasteiger partial charge in [0.1, 0.15) is 17.5 Å². The van der Waals surface area contributed by atoms with Crippen LogP contribution >= 0.6 is 0 Å². The molecule has 4 rings (SSSR count). The zero-order valence-electron chi connectivity index (χ0n) is 15.3. The van der Waals surface area contributed by atoms with Gasteiger partial charge in [-0.1, -0.05) is 30.3 Å². The maximum atomic E-state index is 12.9. The van der Waals surface area contributed by atoms with Gasteiger partial charge in [-0.15, -0.1) is 0 Å². The predicted octanol–water partition coefficient (Wildman–Crippen LogP) is 3.73. The summed E-state index contributed by atoms with van der Waals surface area (Å²) in [5.41, 5.74) is 2.33. The Labute approximate surface area is 158 Å². The third-order valence-electron chi connectivity index (χ3n) is 4.84. The van der Waals surface area contributed by atoms with Gasteiger partial charge < -0.3 is 9.32 Å². The van der Waals surface area contributed by atoms with Crippen molar-refractivity contribution in [3.8, 4) is 0 Å². The molecular weight excluding hydrogens is 340 g/mol. The molecule has 0 radical (unpaired) electrons. The zero-order valence-corrected chi connectivity index (χ0v) is 15.3. The standard InChI is InChI=1S/C21H22N4O2/c1-15-12-23-18(14-22-15)21(26)25-10-6-5-9-19(25)20-24-13-17(27-20)11-16-7-3-2-4-8-16/h2-4,7-8,12-14,19H,5-6,9-11H2,1H3. The molecule has 6 heteroatoms. The van der Waals surface area contributed by atoms with E-state index in [0.29, 0.717) is 24.6 Å². The van der Waals surface area contributed by atoms with E-state index in [1.165, 1.54) is 5.56 Å². The van der Waals surface area contributed by atoms with E-state index in [1.807, 2.05) is 30.0 Å². The lowest BCUT2D eigenvalue weighted by Gasteiger charge is -2.33. The Morgan fingerprint density at radius 1 is 1.11 bits per heavy atom. The van der Waals surface area contributed by atoms with Crippen molar-refractivity contribution in [1.29, 1.82) is 0 Å². The van der Waals surface area contributed by atoms with Gasteiger partial charge >= 0.3 is 0 Å². The fraction of sp³-hybridized carbons (Fsp3) is 0.333. The molecule has 3 heterocycles. The van der Waals surface area contributed by atoms with Crippen LogP contribution in [0.2, 0.25) is 0 Å². The molecule has 1 unspecified atom stereocenters. The van der Waals surface area contributed by atoms with Gasteiger partial charge in [0.15, 0.2) is 0 Å². The number of carbonyl (C=O) groups is 1. The number of rotatable bonds is 4. The summed E-state index contributed by atoms with van der Waals surface area (Å²) >= 11 is 0. The molecule has 1 fully saturated rings. The van der Waals surface area contributed by atoms with Crippen molar-refractivity contribution >= 4 is 5.91 Å². The molecule has 6 nitrogen and oxygen atoms in total. The minimum Gasteiger partial charge on any atom is -0.443 e. The van der Waals surface area contributed by atoms with Gasteiger partial charge in [-0.25, -0.2) is 9.97 Å². The van der Waals surface area contributed by atoms with Crippen LogP contribution in [0, 0.1) is 6.92 Å². The first-order valence-electron chi connectivity index (χ1n) is 9.29. The average molecular weight is 362 g/mol. The lowest BCUT2D eigenvalue weighted by Crippen LogP contribution is -2.39. The lowest BCUT2D eigenvalue weighted by molar-refractivity contribution is 0.0563. The largest absolute Gasteiger partial charge is 0.443 e. The molecule has 0 N–H and O–H groups in total. The Bertz CT molecular complexity index is 905. The maximum Gasteiger partial charge on any atom is 0.274 e. The van der Waals surface area contributed by atoms with Crippen LogP contribution in [0.4, 0.5) is 0 Å². The Balaban J connectivity index is 1.54. The van der Waals surface area contributed by atoms with Gasteiger partial charge in [-0.3, -0.25) is 9.78 Å². The highest BCUT2D eigenvalue weighted by atomic mass is 16.4. The molecule has 0 saturated carbocycles. The molecule has 138 valence electrons. The van der Waals surface area contributed by atoms with Gasteiger partial charge in [0.05, 0.1) is 18.1 Å². The van der Waals surface area contributed by atoms with Crippen molar-refractivity contribution in [3.63, 3.8) is 0 Å². The molecule has 1 aliphatic heterocycles. The third-order valence-corrected chi connectivity index (χ3v) is 4.84. The van der Waals surface area contributed by atoms with E-state index in [4.69, 9.17) is 4.42 Å². The normalized spacial score (nSPS) is 17.1. The Morgan fingerprint density at radius 3 is 2.74 bits per heavy atom. The average Bonchev–Trinajstić information content (AvgIpc) is 3.17. The van der Waals surface area contributed by atoms with Crippen LogP contribution in [0.5, 0.6) is 0 Å². The van der Waals surface area contributed by atoms with Crippen molar-refractivity contribution in [3.05, 3.63) is 77.5 Å². The first kappa shape index (κ1) is 17.4. The minimum atomic E-state index is -0.154. The monoisotopic (exact) mass is 362 g/mol. The summed E-state index contributed by atoms with van der Waals surface area (Å²) in [5.74, 6) is 1.30. The van der Waals surface area contributed by atoms with E-state index in [9.17, 15) is 4.79 Å². The number of piperidine rings is 1. The molecule has 0 bridgehead atoms. The topological polar surface area (TPSA) is 72.1 Å². The van der Waals surface area contributed by atoms with Crippen molar-refractivity contribution in [2.24, 2.45) is 0 Å². The predicted molar refractivity (Wildman–Crippen MR) is 100 cm³/mol. The van der Waals surface area contributed by atoms with E-state index in [1.54, 1.807) is 18.6 Å². The van der Waals surface area contributed by atoms with Crippen LogP contribution in [-0.2, 0) is 6.42 Å². The van der Waals surface area contributed by atoms with E-state index in [-0.39, 0.29) is 11.9 Å².